The predicted molar refractivity (Wildman–Crippen MR) is 104 cm³/mol. The molecule has 0 spiro atoms. The zero-order valence-electron chi connectivity index (χ0n) is 16.1. The van der Waals surface area contributed by atoms with Crippen molar-refractivity contribution in [2.45, 2.75) is 6.04 Å². The van der Waals surface area contributed by atoms with Crippen molar-refractivity contribution >= 4 is 17.5 Å². The highest BCUT2D eigenvalue weighted by atomic mass is 19.1. The molecular weight excluding hydrogens is 379 g/mol. The lowest BCUT2D eigenvalue weighted by atomic mass is 10.1. The largest absolute Gasteiger partial charge is 0.463 e. The van der Waals surface area contributed by atoms with E-state index in [1.165, 1.54) is 11.0 Å². The summed E-state index contributed by atoms with van der Waals surface area (Å²) >= 11 is 0. The van der Waals surface area contributed by atoms with E-state index in [1.807, 2.05) is 17.0 Å². The SMILES string of the molecule is O=C(NCCO)C(=O)NC[C@H](c1ccco1)[NH+]1CCN(c2ccccc2F)CC1. The number of carbonyl (C=O) groups is 2. The number of benzene rings is 1. The van der Waals surface area contributed by atoms with Crippen LogP contribution in [0.1, 0.15) is 11.8 Å². The van der Waals surface area contributed by atoms with Gasteiger partial charge in [0.05, 0.1) is 51.3 Å². The molecule has 2 aromatic rings. The lowest BCUT2D eigenvalue weighted by Gasteiger charge is -2.37. The second kappa shape index (κ2) is 10.0. The number of halogens is 1. The molecular formula is C20H26FN4O4+. The molecule has 0 radical (unpaired) electrons. The summed E-state index contributed by atoms with van der Waals surface area (Å²) < 4.78 is 19.6. The third-order valence-electron chi connectivity index (χ3n) is 5.05. The number of hydrogen-bond donors (Lipinski definition) is 4. The highest BCUT2D eigenvalue weighted by Crippen LogP contribution is 2.19. The van der Waals surface area contributed by atoms with Crippen LogP contribution >= 0.6 is 0 Å². The molecule has 1 aliphatic heterocycles. The fourth-order valence-corrected chi connectivity index (χ4v) is 3.55. The summed E-state index contributed by atoms with van der Waals surface area (Å²) in [5.41, 5.74) is 0.593. The summed E-state index contributed by atoms with van der Waals surface area (Å²) in [5.74, 6) is -1.05. The maximum absolute atomic E-state index is 14.1. The van der Waals surface area contributed by atoms with Gasteiger partial charge < -0.3 is 30.0 Å². The summed E-state index contributed by atoms with van der Waals surface area (Å²) in [4.78, 5) is 26.9. The Hall–Kier alpha value is -2.91. The first kappa shape index (κ1) is 20.8. The van der Waals surface area contributed by atoms with Crippen LogP contribution in [-0.2, 0) is 9.59 Å². The van der Waals surface area contributed by atoms with E-state index < -0.39 is 11.8 Å². The number of nitrogens with zero attached hydrogens (tertiary/aromatic N) is 1. The van der Waals surface area contributed by atoms with E-state index in [4.69, 9.17) is 9.52 Å². The quantitative estimate of drug-likeness (QED) is 0.447. The number of amides is 2. The lowest BCUT2D eigenvalue weighted by Crippen LogP contribution is -3.15. The third-order valence-corrected chi connectivity index (χ3v) is 5.05. The number of hydrogen-bond acceptors (Lipinski definition) is 5. The first-order chi connectivity index (χ1) is 14.1. The summed E-state index contributed by atoms with van der Waals surface area (Å²) in [7, 11) is 0. The number of anilines is 1. The van der Waals surface area contributed by atoms with Crippen LogP contribution in [-0.4, -0.2) is 62.8 Å². The van der Waals surface area contributed by atoms with Crippen molar-refractivity contribution in [1.29, 1.82) is 0 Å². The van der Waals surface area contributed by atoms with Crippen LogP contribution in [0.5, 0.6) is 0 Å². The highest BCUT2D eigenvalue weighted by Gasteiger charge is 2.32. The number of rotatable bonds is 7. The van der Waals surface area contributed by atoms with Gasteiger partial charge in [0.15, 0.2) is 11.8 Å². The summed E-state index contributed by atoms with van der Waals surface area (Å²) in [5, 5.41) is 13.7. The van der Waals surface area contributed by atoms with Crippen molar-refractivity contribution in [3.63, 3.8) is 0 Å². The first-order valence-electron chi connectivity index (χ1n) is 9.64. The number of furan rings is 1. The van der Waals surface area contributed by atoms with Crippen LogP contribution in [0.25, 0.3) is 0 Å². The van der Waals surface area contributed by atoms with E-state index in [0.29, 0.717) is 18.8 Å². The molecule has 0 unspecified atom stereocenters. The maximum Gasteiger partial charge on any atom is 0.309 e. The van der Waals surface area contributed by atoms with Crippen LogP contribution in [0, 0.1) is 5.82 Å². The average Bonchev–Trinajstić information content (AvgIpc) is 3.27. The Balaban J connectivity index is 1.61. The minimum Gasteiger partial charge on any atom is -0.463 e. The fourth-order valence-electron chi connectivity index (χ4n) is 3.55. The van der Waals surface area contributed by atoms with E-state index in [0.717, 1.165) is 18.8 Å². The molecule has 29 heavy (non-hydrogen) atoms. The van der Waals surface area contributed by atoms with Gasteiger partial charge in [-0.25, -0.2) is 4.39 Å². The summed E-state index contributed by atoms with van der Waals surface area (Å²) in [6.07, 6.45) is 1.58. The van der Waals surface area contributed by atoms with E-state index >= 15 is 0 Å². The molecule has 1 aromatic carbocycles. The van der Waals surface area contributed by atoms with Gasteiger partial charge in [-0.05, 0) is 24.3 Å². The monoisotopic (exact) mass is 405 g/mol. The van der Waals surface area contributed by atoms with Gasteiger partial charge in [-0.3, -0.25) is 9.59 Å². The predicted octanol–water partition coefficient (Wildman–Crippen LogP) is -0.910. The molecule has 1 aromatic heterocycles. The Morgan fingerprint density at radius 2 is 1.86 bits per heavy atom. The topological polar surface area (TPSA) is 99.2 Å². The van der Waals surface area contributed by atoms with Gasteiger partial charge in [-0.15, -0.1) is 0 Å². The van der Waals surface area contributed by atoms with Crippen molar-refractivity contribution in [3.8, 4) is 0 Å². The molecule has 4 N–H and O–H groups in total. The molecule has 1 fully saturated rings. The Labute approximate surface area is 168 Å². The van der Waals surface area contributed by atoms with Crippen molar-refractivity contribution in [3.05, 3.63) is 54.2 Å². The second-order valence-electron chi connectivity index (χ2n) is 6.85. The molecule has 0 aliphatic carbocycles. The van der Waals surface area contributed by atoms with Crippen molar-refractivity contribution < 1.29 is 28.4 Å². The van der Waals surface area contributed by atoms with Crippen LogP contribution in [0.4, 0.5) is 10.1 Å². The number of para-hydroxylation sites is 1. The van der Waals surface area contributed by atoms with Crippen molar-refractivity contribution in [2.75, 3.05) is 50.8 Å². The van der Waals surface area contributed by atoms with E-state index in [-0.39, 0.29) is 31.6 Å². The fraction of sp³-hybridized carbons (Fsp3) is 0.400. The van der Waals surface area contributed by atoms with Crippen LogP contribution in [0.2, 0.25) is 0 Å². The Kier molecular flexibility index (Phi) is 7.20. The molecule has 1 saturated heterocycles. The molecule has 1 atom stereocenters. The maximum atomic E-state index is 14.1. The van der Waals surface area contributed by atoms with Crippen LogP contribution in [0.3, 0.4) is 0 Å². The smallest absolute Gasteiger partial charge is 0.309 e. The van der Waals surface area contributed by atoms with Gasteiger partial charge >= 0.3 is 11.8 Å². The van der Waals surface area contributed by atoms with Gasteiger partial charge in [0.25, 0.3) is 0 Å². The molecule has 0 saturated carbocycles. The zero-order chi connectivity index (χ0) is 20.6. The Morgan fingerprint density at radius 1 is 1.14 bits per heavy atom. The Morgan fingerprint density at radius 3 is 2.52 bits per heavy atom. The third kappa shape index (κ3) is 5.33. The van der Waals surface area contributed by atoms with E-state index in [1.54, 1.807) is 24.5 Å². The minimum atomic E-state index is -0.781. The highest BCUT2D eigenvalue weighted by molar-refractivity contribution is 6.35. The number of aliphatic hydroxyl groups excluding tert-OH is 1. The van der Waals surface area contributed by atoms with E-state index in [9.17, 15) is 14.0 Å². The zero-order valence-corrected chi connectivity index (χ0v) is 16.1. The number of piperazine rings is 1. The van der Waals surface area contributed by atoms with Crippen LogP contribution < -0.4 is 20.4 Å². The minimum absolute atomic E-state index is 0.0249. The van der Waals surface area contributed by atoms with Gasteiger partial charge in [0.1, 0.15) is 5.82 Å². The number of quaternary nitrogens is 1. The molecule has 0 bridgehead atoms. The van der Waals surface area contributed by atoms with Crippen molar-refractivity contribution in [2.24, 2.45) is 0 Å². The first-order valence-corrected chi connectivity index (χ1v) is 9.64. The van der Waals surface area contributed by atoms with Gasteiger partial charge in [0, 0.05) is 6.54 Å². The lowest BCUT2D eigenvalue weighted by molar-refractivity contribution is -0.932. The number of nitrogens with one attached hydrogen (secondary N) is 3. The van der Waals surface area contributed by atoms with Crippen molar-refractivity contribution in [1.82, 2.24) is 10.6 Å². The second-order valence-corrected chi connectivity index (χ2v) is 6.85. The molecule has 8 nitrogen and oxygen atoms in total. The van der Waals surface area contributed by atoms with E-state index in [2.05, 4.69) is 10.6 Å². The van der Waals surface area contributed by atoms with Crippen LogP contribution in [0.15, 0.2) is 47.1 Å². The van der Waals surface area contributed by atoms with Gasteiger partial charge in [-0.1, -0.05) is 12.1 Å². The number of aliphatic hydroxyl groups is 1. The molecule has 1 aliphatic rings. The normalized spacial score (nSPS) is 15.7. The standard InChI is InChI=1S/C20H25FN4O4/c21-15-4-1-2-5-16(15)24-8-10-25(11-9-24)17(18-6-3-13-29-18)14-23-20(28)19(27)22-7-12-26/h1-6,13,17,26H,7-12,14H2,(H,22,27)(H,23,28)/p+1/t17-/m1/s1. The Bertz CT molecular complexity index is 807. The molecule has 3 rings (SSSR count). The molecule has 2 amide bonds. The molecule has 9 heteroatoms. The average molecular weight is 405 g/mol. The summed E-state index contributed by atoms with van der Waals surface area (Å²) in [6.45, 7) is 2.81. The molecule has 2 heterocycles. The van der Waals surface area contributed by atoms with Gasteiger partial charge in [-0.2, -0.15) is 0 Å². The number of carbonyl (C=O) groups excluding carboxylic acids is 2. The summed E-state index contributed by atoms with van der Waals surface area (Å²) in [6, 6.07) is 10.2. The molecule has 156 valence electrons. The van der Waals surface area contributed by atoms with Gasteiger partial charge in [0.2, 0.25) is 0 Å².